The fourth-order valence-electron chi connectivity index (χ4n) is 5.64. The van der Waals surface area contributed by atoms with Crippen molar-refractivity contribution in [3.05, 3.63) is 68.8 Å². The van der Waals surface area contributed by atoms with Gasteiger partial charge in [0.15, 0.2) is 0 Å². The molecule has 2 heterocycles. The Hall–Kier alpha value is -4.05. The number of hydrogen-bond donors (Lipinski definition) is 2. The molecule has 1 aliphatic carbocycles. The molecule has 0 unspecified atom stereocenters. The van der Waals surface area contributed by atoms with Gasteiger partial charge in [0.2, 0.25) is 5.43 Å². The van der Waals surface area contributed by atoms with Crippen LogP contribution < -0.4 is 15.6 Å². The molecule has 1 saturated carbocycles. The molecule has 10 heteroatoms. The van der Waals surface area contributed by atoms with E-state index in [1.807, 2.05) is 7.05 Å². The largest absolute Gasteiger partial charge is 0.462 e. The van der Waals surface area contributed by atoms with Crippen LogP contribution in [0.1, 0.15) is 75.8 Å². The van der Waals surface area contributed by atoms with Crippen molar-refractivity contribution in [1.82, 2.24) is 9.88 Å². The Bertz CT molecular complexity index is 1540. The number of nitrogens with one attached hydrogen (secondary N) is 2. The second-order valence-corrected chi connectivity index (χ2v) is 10.0. The number of halogens is 1. The van der Waals surface area contributed by atoms with Gasteiger partial charge in [0.1, 0.15) is 17.1 Å². The monoisotopic (exact) mass is 534 g/mol. The maximum Gasteiger partial charge on any atom is 0.338 e. The van der Waals surface area contributed by atoms with Crippen molar-refractivity contribution in [2.75, 3.05) is 30.9 Å². The highest BCUT2D eigenvalue weighted by molar-refractivity contribution is 6.34. The summed E-state index contributed by atoms with van der Waals surface area (Å²) in [5, 5.41) is 2.79. The first kappa shape index (κ1) is 26.6. The van der Waals surface area contributed by atoms with Crippen LogP contribution in [0, 0.1) is 5.82 Å². The number of imide groups is 1. The second kappa shape index (κ2) is 10.6. The molecule has 0 radical (unpaired) electrons. The predicted octanol–water partition coefficient (Wildman–Crippen LogP) is 4.45. The molecule has 0 saturated heterocycles. The molecule has 2 aromatic carbocycles. The van der Waals surface area contributed by atoms with Gasteiger partial charge in [-0.15, -0.1) is 0 Å². The first-order chi connectivity index (χ1) is 18.7. The summed E-state index contributed by atoms with van der Waals surface area (Å²) in [5.74, 6) is -2.63. The van der Waals surface area contributed by atoms with E-state index in [0.29, 0.717) is 23.7 Å². The topological polar surface area (TPSA) is 112 Å². The minimum Gasteiger partial charge on any atom is -0.462 e. The summed E-state index contributed by atoms with van der Waals surface area (Å²) < 4.78 is 19.4. The molecule has 9 nitrogen and oxygen atoms in total. The zero-order valence-electron chi connectivity index (χ0n) is 22.2. The number of aromatic amines is 1. The molecule has 0 spiro atoms. The van der Waals surface area contributed by atoms with Crippen LogP contribution in [0.15, 0.2) is 35.1 Å². The van der Waals surface area contributed by atoms with E-state index in [0.717, 1.165) is 36.6 Å². The van der Waals surface area contributed by atoms with E-state index < -0.39 is 29.0 Å². The van der Waals surface area contributed by atoms with Crippen LogP contribution in [0.25, 0.3) is 10.9 Å². The minimum atomic E-state index is -0.793. The summed E-state index contributed by atoms with van der Waals surface area (Å²) in [6, 6.07) is 7.28. The molecule has 204 valence electrons. The van der Waals surface area contributed by atoms with Gasteiger partial charge in [-0.3, -0.25) is 19.3 Å². The lowest BCUT2D eigenvalue weighted by Crippen LogP contribution is -2.35. The van der Waals surface area contributed by atoms with Gasteiger partial charge < -0.3 is 15.0 Å². The van der Waals surface area contributed by atoms with E-state index in [4.69, 9.17) is 4.74 Å². The fraction of sp³-hybridized carbons (Fsp3) is 0.379. The third kappa shape index (κ3) is 4.69. The van der Waals surface area contributed by atoms with Gasteiger partial charge in [0, 0.05) is 19.6 Å². The molecule has 0 atom stereocenters. The maximum absolute atomic E-state index is 14.2. The van der Waals surface area contributed by atoms with E-state index in [1.54, 1.807) is 26.1 Å². The number of benzene rings is 2. The SMILES string of the molecule is CCOC(=O)c1ccc(N2C(=O)c3[nH]c4c(NC)cc(F)cc4c(=O)c3C2=O)c(CN(C)C2CCCCC2)c1. The third-order valence-electron chi connectivity index (χ3n) is 7.63. The van der Waals surface area contributed by atoms with Gasteiger partial charge in [0.25, 0.3) is 11.8 Å². The Morgan fingerprint density at radius 1 is 1.13 bits per heavy atom. The molecule has 1 aromatic heterocycles. The van der Waals surface area contributed by atoms with Crippen LogP contribution in [0.5, 0.6) is 0 Å². The molecule has 5 rings (SSSR count). The van der Waals surface area contributed by atoms with E-state index in [9.17, 15) is 23.6 Å². The molecule has 39 heavy (non-hydrogen) atoms. The molecule has 0 bridgehead atoms. The molecule has 1 fully saturated rings. The van der Waals surface area contributed by atoms with Crippen LogP contribution >= 0.6 is 0 Å². The summed E-state index contributed by atoms with van der Waals surface area (Å²) in [6.07, 6.45) is 5.55. The summed E-state index contributed by atoms with van der Waals surface area (Å²) in [5.41, 5.74) is 0.497. The number of nitrogens with zero attached hydrogens (tertiary/aromatic N) is 2. The lowest BCUT2D eigenvalue weighted by atomic mass is 9.94. The number of esters is 1. The van der Waals surface area contributed by atoms with Gasteiger partial charge in [-0.2, -0.15) is 0 Å². The molecule has 3 aromatic rings. The number of hydrogen-bond acceptors (Lipinski definition) is 7. The van der Waals surface area contributed by atoms with Crippen LogP contribution in [-0.2, 0) is 11.3 Å². The molecule has 2 amide bonds. The van der Waals surface area contributed by atoms with Crippen molar-refractivity contribution >= 4 is 40.1 Å². The number of amides is 2. The number of rotatable bonds is 7. The van der Waals surface area contributed by atoms with Gasteiger partial charge in [-0.05, 0) is 62.7 Å². The van der Waals surface area contributed by atoms with Gasteiger partial charge in [-0.1, -0.05) is 19.3 Å². The lowest BCUT2D eigenvalue weighted by Gasteiger charge is -2.32. The highest BCUT2D eigenvalue weighted by atomic mass is 19.1. The zero-order valence-corrected chi connectivity index (χ0v) is 22.2. The molecule has 1 aliphatic heterocycles. The molecule has 2 aliphatic rings. The van der Waals surface area contributed by atoms with E-state index in [-0.39, 0.29) is 40.1 Å². The van der Waals surface area contributed by atoms with Gasteiger partial charge in [0.05, 0.1) is 34.4 Å². The Kier molecular flexibility index (Phi) is 7.22. The van der Waals surface area contributed by atoms with Crippen molar-refractivity contribution < 1.29 is 23.5 Å². The number of carbonyl (C=O) groups excluding carboxylic acids is 3. The van der Waals surface area contributed by atoms with E-state index in [1.165, 1.54) is 18.6 Å². The van der Waals surface area contributed by atoms with E-state index in [2.05, 4.69) is 15.2 Å². The zero-order chi connectivity index (χ0) is 27.8. The third-order valence-corrected chi connectivity index (χ3v) is 7.63. The summed E-state index contributed by atoms with van der Waals surface area (Å²) >= 11 is 0. The summed E-state index contributed by atoms with van der Waals surface area (Å²) in [7, 11) is 3.56. The number of fused-ring (bicyclic) bond motifs is 2. The summed E-state index contributed by atoms with van der Waals surface area (Å²) in [6.45, 7) is 2.31. The number of aromatic nitrogens is 1. The van der Waals surface area contributed by atoms with Crippen molar-refractivity contribution in [1.29, 1.82) is 0 Å². The van der Waals surface area contributed by atoms with Gasteiger partial charge >= 0.3 is 5.97 Å². The van der Waals surface area contributed by atoms with Crippen molar-refractivity contribution in [3.63, 3.8) is 0 Å². The lowest BCUT2D eigenvalue weighted by molar-refractivity contribution is 0.0526. The number of H-pyrrole nitrogens is 1. The average molecular weight is 535 g/mol. The highest BCUT2D eigenvalue weighted by Gasteiger charge is 2.41. The number of carbonyl (C=O) groups is 3. The second-order valence-electron chi connectivity index (χ2n) is 10.0. The Morgan fingerprint density at radius 2 is 1.87 bits per heavy atom. The Morgan fingerprint density at radius 3 is 2.56 bits per heavy atom. The van der Waals surface area contributed by atoms with Crippen molar-refractivity contribution in [2.45, 2.75) is 51.6 Å². The average Bonchev–Trinajstić information content (AvgIpc) is 3.18. The first-order valence-corrected chi connectivity index (χ1v) is 13.2. The predicted molar refractivity (Wildman–Crippen MR) is 146 cm³/mol. The first-order valence-electron chi connectivity index (χ1n) is 13.2. The van der Waals surface area contributed by atoms with Crippen LogP contribution in [0.3, 0.4) is 0 Å². The van der Waals surface area contributed by atoms with Crippen molar-refractivity contribution in [2.24, 2.45) is 0 Å². The number of ether oxygens (including phenoxy) is 1. The van der Waals surface area contributed by atoms with E-state index >= 15 is 0 Å². The van der Waals surface area contributed by atoms with Crippen LogP contribution in [0.2, 0.25) is 0 Å². The smallest absolute Gasteiger partial charge is 0.338 e. The maximum atomic E-state index is 14.2. The standard InChI is InChI=1S/C29H31FN4O5/c1-4-39-29(38)16-10-11-22(17(12-16)15-33(3)19-8-6-5-7-9-19)34-27(36)23-25(28(34)37)32-24-20(26(23)35)13-18(30)14-21(24)31-2/h10-14,19,31H,4-9,15H2,1-3H3,(H,32,35). The highest BCUT2D eigenvalue weighted by Crippen LogP contribution is 2.33. The van der Waals surface area contributed by atoms with Crippen LogP contribution in [-0.4, -0.2) is 54.4 Å². The minimum absolute atomic E-state index is 0.0315. The Balaban J connectivity index is 1.60. The number of pyridine rings is 1. The van der Waals surface area contributed by atoms with Crippen molar-refractivity contribution in [3.8, 4) is 0 Å². The molecular weight excluding hydrogens is 503 g/mol. The fourth-order valence-corrected chi connectivity index (χ4v) is 5.64. The summed E-state index contributed by atoms with van der Waals surface area (Å²) in [4.78, 5) is 59.3. The Labute approximate surface area is 224 Å². The quantitative estimate of drug-likeness (QED) is 0.340. The normalized spacial score (nSPS) is 15.8. The number of anilines is 2. The van der Waals surface area contributed by atoms with Gasteiger partial charge in [-0.25, -0.2) is 14.1 Å². The molecular formula is C29H31FN4O5. The molecule has 2 N–H and O–H groups in total. The van der Waals surface area contributed by atoms with Crippen LogP contribution in [0.4, 0.5) is 15.8 Å².